The number of hydrogen-bond donors (Lipinski definition) is 2. The Hall–Kier alpha value is -1.03. The molecular formula is C5H9N3O. The minimum atomic E-state index is 0.222. The lowest BCUT2D eigenvalue weighted by atomic mass is 10.5. The number of nitrogens with two attached hydrogens (primary N) is 1. The van der Waals surface area contributed by atoms with Crippen molar-refractivity contribution in [1.29, 1.82) is 0 Å². The second-order valence-electron chi connectivity index (χ2n) is 1.71. The van der Waals surface area contributed by atoms with E-state index in [2.05, 4.69) is 10.3 Å². The van der Waals surface area contributed by atoms with Gasteiger partial charge in [0.05, 0.1) is 5.69 Å². The van der Waals surface area contributed by atoms with Crippen molar-refractivity contribution in [2.75, 3.05) is 12.8 Å². The number of hydrogen-bond acceptors (Lipinski definition) is 4. The molecule has 0 radical (unpaired) electrons. The fourth-order valence-electron chi connectivity index (χ4n) is 0.585. The Kier molecular flexibility index (Phi) is 1.69. The van der Waals surface area contributed by atoms with E-state index in [0.717, 1.165) is 5.69 Å². The zero-order valence-electron chi connectivity index (χ0n) is 5.22. The van der Waals surface area contributed by atoms with E-state index in [1.807, 2.05) is 7.05 Å². The molecule has 1 rings (SSSR count). The molecule has 50 valence electrons. The van der Waals surface area contributed by atoms with Crippen LogP contribution in [0.1, 0.15) is 5.69 Å². The lowest BCUT2D eigenvalue weighted by Crippen LogP contribution is -2.05. The standard InChI is InChI=1S/C5H9N3O/c1-7-2-4-3-9-5(6)8-4/h3,7H,2H2,1H3,(H2,6,8). The Bertz CT molecular complexity index is 184. The van der Waals surface area contributed by atoms with Gasteiger partial charge in [-0.15, -0.1) is 0 Å². The van der Waals surface area contributed by atoms with Crippen LogP contribution in [0.2, 0.25) is 0 Å². The molecular weight excluding hydrogens is 118 g/mol. The average Bonchev–Trinajstić information content (AvgIpc) is 2.17. The Morgan fingerprint density at radius 1 is 1.89 bits per heavy atom. The van der Waals surface area contributed by atoms with Gasteiger partial charge < -0.3 is 15.5 Å². The number of oxazole rings is 1. The SMILES string of the molecule is CNCc1coc(N)n1. The number of aromatic nitrogens is 1. The molecule has 1 heterocycles. The summed E-state index contributed by atoms with van der Waals surface area (Å²) in [6, 6.07) is 0.222. The maximum atomic E-state index is 5.20. The summed E-state index contributed by atoms with van der Waals surface area (Å²) < 4.78 is 4.74. The van der Waals surface area contributed by atoms with E-state index < -0.39 is 0 Å². The highest BCUT2D eigenvalue weighted by molar-refractivity contribution is 5.11. The number of nitrogens with zero attached hydrogens (tertiary/aromatic N) is 1. The number of nitrogens with one attached hydrogen (secondary N) is 1. The summed E-state index contributed by atoms with van der Waals surface area (Å²) >= 11 is 0. The van der Waals surface area contributed by atoms with Crippen molar-refractivity contribution in [1.82, 2.24) is 10.3 Å². The van der Waals surface area contributed by atoms with E-state index in [4.69, 9.17) is 10.2 Å². The lowest BCUT2D eigenvalue weighted by Gasteiger charge is -1.87. The largest absolute Gasteiger partial charge is 0.432 e. The van der Waals surface area contributed by atoms with Crippen LogP contribution in [0.25, 0.3) is 0 Å². The van der Waals surface area contributed by atoms with Crippen LogP contribution >= 0.6 is 0 Å². The fourth-order valence-corrected chi connectivity index (χ4v) is 0.585. The van der Waals surface area contributed by atoms with Gasteiger partial charge in [-0.05, 0) is 7.05 Å². The molecule has 0 aliphatic rings. The summed E-state index contributed by atoms with van der Waals surface area (Å²) in [5.74, 6) is 0. The first-order chi connectivity index (χ1) is 4.33. The maximum Gasteiger partial charge on any atom is 0.292 e. The van der Waals surface area contributed by atoms with Gasteiger partial charge in [0.15, 0.2) is 0 Å². The van der Waals surface area contributed by atoms with Gasteiger partial charge in [-0.25, -0.2) is 0 Å². The second kappa shape index (κ2) is 2.50. The van der Waals surface area contributed by atoms with Gasteiger partial charge in [-0.1, -0.05) is 0 Å². The third kappa shape index (κ3) is 1.43. The fraction of sp³-hybridized carbons (Fsp3) is 0.400. The molecule has 4 heteroatoms. The van der Waals surface area contributed by atoms with Crippen molar-refractivity contribution in [2.24, 2.45) is 0 Å². The molecule has 3 N–H and O–H groups in total. The van der Waals surface area contributed by atoms with Crippen LogP contribution in [-0.4, -0.2) is 12.0 Å². The summed E-state index contributed by atoms with van der Waals surface area (Å²) in [4.78, 5) is 3.85. The molecule has 0 spiro atoms. The first-order valence-electron chi connectivity index (χ1n) is 2.67. The molecule has 0 aliphatic heterocycles. The van der Waals surface area contributed by atoms with Gasteiger partial charge in [0.25, 0.3) is 6.01 Å². The number of anilines is 1. The molecule has 9 heavy (non-hydrogen) atoms. The molecule has 0 unspecified atom stereocenters. The van der Waals surface area contributed by atoms with E-state index >= 15 is 0 Å². The minimum Gasteiger partial charge on any atom is -0.432 e. The highest BCUT2D eigenvalue weighted by atomic mass is 16.4. The zero-order chi connectivity index (χ0) is 6.69. The Labute approximate surface area is 53.1 Å². The van der Waals surface area contributed by atoms with Gasteiger partial charge in [0, 0.05) is 6.54 Å². The average molecular weight is 127 g/mol. The summed E-state index contributed by atoms with van der Waals surface area (Å²) in [7, 11) is 1.84. The van der Waals surface area contributed by atoms with Gasteiger partial charge in [-0.3, -0.25) is 0 Å². The molecule has 1 aromatic heterocycles. The van der Waals surface area contributed by atoms with Gasteiger partial charge in [0.2, 0.25) is 0 Å². The van der Waals surface area contributed by atoms with E-state index in [9.17, 15) is 0 Å². The number of rotatable bonds is 2. The molecule has 0 bridgehead atoms. The minimum absolute atomic E-state index is 0.222. The van der Waals surface area contributed by atoms with Crippen LogP contribution in [0.15, 0.2) is 10.7 Å². The molecule has 0 fully saturated rings. The topological polar surface area (TPSA) is 64.1 Å². The molecule has 0 amide bonds. The van der Waals surface area contributed by atoms with Crippen molar-refractivity contribution < 1.29 is 4.42 Å². The Balaban J connectivity index is 2.61. The van der Waals surface area contributed by atoms with E-state index in [1.165, 1.54) is 6.26 Å². The van der Waals surface area contributed by atoms with Crippen molar-refractivity contribution in [3.63, 3.8) is 0 Å². The quantitative estimate of drug-likeness (QED) is 0.585. The van der Waals surface area contributed by atoms with Gasteiger partial charge in [0.1, 0.15) is 6.26 Å². The van der Waals surface area contributed by atoms with Crippen LogP contribution in [0.3, 0.4) is 0 Å². The normalized spacial score (nSPS) is 9.89. The molecule has 0 saturated heterocycles. The van der Waals surface area contributed by atoms with Gasteiger partial charge in [-0.2, -0.15) is 4.98 Å². The predicted octanol–water partition coefficient (Wildman–Crippen LogP) is -0.0238. The van der Waals surface area contributed by atoms with Crippen molar-refractivity contribution in [3.05, 3.63) is 12.0 Å². The summed E-state index contributed by atoms with van der Waals surface area (Å²) in [6.07, 6.45) is 1.53. The zero-order valence-corrected chi connectivity index (χ0v) is 5.22. The van der Waals surface area contributed by atoms with E-state index in [1.54, 1.807) is 0 Å². The molecule has 1 aromatic rings. The monoisotopic (exact) mass is 127 g/mol. The summed E-state index contributed by atoms with van der Waals surface area (Å²) in [5.41, 5.74) is 6.03. The predicted molar refractivity (Wildman–Crippen MR) is 33.7 cm³/mol. The van der Waals surface area contributed by atoms with Crippen LogP contribution in [-0.2, 0) is 6.54 Å². The van der Waals surface area contributed by atoms with E-state index in [-0.39, 0.29) is 6.01 Å². The van der Waals surface area contributed by atoms with Crippen molar-refractivity contribution >= 4 is 6.01 Å². The third-order valence-corrected chi connectivity index (χ3v) is 0.927. The third-order valence-electron chi connectivity index (χ3n) is 0.927. The Morgan fingerprint density at radius 2 is 2.67 bits per heavy atom. The van der Waals surface area contributed by atoms with Gasteiger partial charge >= 0.3 is 0 Å². The molecule has 4 nitrogen and oxygen atoms in total. The Morgan fingerprint density at radius 3 is 3.11 bits per heavy atom. The molecule has 0 atom stereocenters. The molecule has 0 aliphatic carbocycles. The van der Waals surface area contributed by atoms with Crippen molar-refractivity contribution in [3.8, 4) is 0 Å². The lowest BCUT2D eigenvalue weighted by molar-refractivity contribution is 0.577. The molecule has 0 aromatic carbocycles. The highest BCUT2D eigenvalue weighted by Gasteiger charge is 1.95. The number of nitrogen functional groups attached to an aromatic ring is 1. The van der Waals surface area contributed by atoms with E-state index in [0.29, 0.717) is 6.54 Å². The van der Waals surface area contributed by atoms with Crippen molar-refractivity contribution in [2.45, 2.75) is 6.54 Å². The smallest absolute Gasteiger partial charge is 0.292 e. The summed E-state index contributed by atoms with van der Waals surface area (Å²) in [5, 5.41) is 2.92. The van der Waals surface area contributed by atoms with Crippen LogP contribution in [0, 0.1) is 0 Å². The molecule has 0 saturated carbocycles. The highest BCUT2D eigenvalue weighted by Crippen LogP contribution is 2.00. The second-order valence-corrected chi connectivity index (χ2v) is 1.71. The van der Waals surface area contributed by atoms with Crippen LogP contribution in [0.4, 0.5) is 6.01 Å². The maximum absolute atomic E-state index is 5.20. The first-order valence-corrected chi connectivity index (χ1v) is 2.67. The first kappa shape index (κ1) is 6.10. The summed E-state index contributed by atoms with van der Waals surface area (Å²) in [6.45, 7) is 0.695. The van der Waals surface area contributed by atoms with Crippen LogP contribution < -0.4 is 11.1 Å². The van der Waals surface area contributed by atoms with Crippen LogP contribution in [0.5, 0.6) is 0 Å².